The Labute approximate surface area is 127 Å². The van der Waals surface area contributed by atoms with Crippen molar-refractivity contribution in [2.45, 2.75) is 32.2 Å². The number of hydrogen-bond donors (Lipinski definition) is 0. The lowest BCUT2D eigenvalue weighted by Crippen LogP contribution is -2.51. The standard InChI is InChI=1S/C15H23ClO3Si/c1-3-17-20(18-11-13(2)12-19-20)9-8-14-4-6-15(10-16)7-5-14/h4-7,13H,3,8-12H2,1-2H3. The minimum atomic E-state index is -2.46. The topological polar surface area (TPSA) is 27.7 Å². The van der Waals surface area contributed by atoms with Gasteiger partial charge in [0.1, 0.15) is 0 Å². The first-order valence-corrected chi connectivity index (χ1v) is 9.70. The molecule has 0 atom stereocenters. The molecule has 1 heterocycles. The summed E-state index contributed by atoms with van der Waals surface area (Å²) in [5, 5.41) is 0. The fourth-order valence-electron chi connectivity index (χ4n) is 2.24. The van der Waals surface area contributed by atoms with Gasteiger partial charge in [-0.3, -0.25) is 0 Å². The maximum absolute atomic E-state index is 5.96. The van der Waals surface area contributed by atoms with Crippen molar-refractivity contribution < 1.29 is 13.3 Å². The van der Waals surface area contributed by atoms with Crippen LogP contribution in [0.4, 0.5) is 0 Å². The van der Waals surface area contributed by atoms with E-state index in [0.717, 1.165) is 31.2 Å². The summed E-state index contributed by atoms with van der Waals surface area (Å²) >= 11 is 5.80. The van der Waals surface area contributed by atoms with E-state index < -0.39 is 8.80 Å². The second kappa shape index (κ2) is 7.57. The maximum Gasteiger partial charge on any atom is 0.501 e. The first-order valence-electron chi connectivity index (χ1n) is 7.23. The summed E-state index contributed by atoms with van der Waals surface area (Å²) in [6, 6.07) is 9.23. The van der Waals surface area contributed by atoms with Gasteiger partial charge in [-0.1, -0.05) is 31.2 Å². The van der Waals surface area contributed by atoms with Crippen molar-refractivity contribution in [1.29, 1.82) is 0 Å². The molecular formula is C15H23ClO3Si. The third kappa shape index (κ3) is 4.30. The van der Waals surface area contributed by atoms with E-state index in [1.165, 1.54) is 5.56 Å². The van der Waals surface area contributed by atoms with Gasteiger partial charge in [-0.15, -0.1) is 11.6 Å². The summed E-state index contributed by atoms with van der Waals surface area (Å²) in [6.45, 7) is 6.27. The smallest absolute Gasteiger partial charge is 0.374 e. The highest BCUT2D eigenvalue weighted by Gasteiger charge is 2.43. The van der Waals surface area contributed by atoms with Gasteiger partial charge in [-0.2, -0.15) is 0 Å². The van der Waals surface area contributed by atoms with E-state index in [9.17, 15) is 0 Å². The molecule has 0 saturated carbocycles. The molecule has 0 radical (unpaired) electrons. The molecule has 20 heavy (non-hydrogen) atoms. The van der Waals surface area contributed by atoms with Crippen LogP contribution < -0.4 is 0 Å². The van der Waals surface area contributed by atoms with Gasteiger partial charge >= 0.3 is 8.80 Å². The van der Waals surface area contributed by atoms with E-state index in [4.69, 9.17) is 24.9 Å². The molecule has 1 aromatic rings. The number of aryl methyl sites for hydroxylation is 1. The Bertz CT molecular complexity index is 402. The molecular weight excluding hydrogens is 292 g/mol. The summed E-state index contributed by atoms with van der Waals surface area (Å²) in [6.07, 6.45) is 0.920. The lowest BCUT2D eigenvalue weighted by atomic mass is 10.1. The first-order chi connectivity index (χ1) is 9.67. The fourth-order valence-corrected chi connectivity index (χ4v) is 5.21. The third-order valence-electron chi connectivity index (χ3n) is 3.44. The molecule has 0 aliphatic carbocycles. The highest BCUT2D eigenvalue weighted by molar-refractivity contribution is 6.60. The number of benzene rings is 1. The van der Waals surface area contributed by atoms with Crippen LogP contribution in [-0.4, -0.2) is 28.6 Å². The molecule has 3 nitrogen and oxygen atoms in total. The van der Waals surface area contributed by atoms with E-state index in [1.807, 2.05) is 6.92 Å². The molecule has 2 rings (SSSR count). The predicted molar refractivity (Wildman–Crippen MR) is 83.0 cm³/mol. The van der Waals surface area contributed by atoms with Crippen LogP contribution in [0.25, 0.3) is 0 Å². The van der Waals surface area contributed by atoms with Crippen molar-refractivity contribution in [3.05, 3.63) is 35.4 Å². The van der Waals surface area contributed by atoms with E-state index in [-0.39, 0.29) is 0 Å². The molecule has 0 unspecified atom stereocenters. The Morgan fingerprint density at radius 1 is 1.20 bits per heavy atom. The summed E-state index contributed by atoms with van der Waals surface area (Å²) < 4.78 is 17.8. The number of halogens is 1. The zero-order valence-corrected chi connectivity index (χ0v) is 14.0. The van der Waals surface area contributed by atoms with Crippen molar-refractivity contribution in [2.75, 3.05) is 19.8 Å². The molecule has 0 spiro atoms. The lowest BCUT2D eigenvalue weighted by Gasteiger charge is -2.35. The lowest BCUT2D eigenvalue weighted by molar-refractivity contribution is -0.00242. The molecule has 0 N–H and O–H groups in total. The van der Waals surface area contributed by atoms with Gasteiger partial charge in [-0.05, 0) is 24.5 Å². The molecule has 1 aliphatic heterocycles. The van der Waals surface area contributed by atoms with Crippen LogP contribution in [0.5, 0.6) is 0 Å². The Kier molecular flexibility index (Phi) is 6.05. The van der Waals surface area contributed by atoms with E-state index >= 15 is 0 Å². The van der Waals surface area contributed by atoms with Crippen LogP contribution in [-0.2, 0) is 25.6 Å². The molecule has 112 valence electrons. The summed E-state index contributed by atoms with van der Waals surface area (Å²) in [7, 11) is -2.46. The SMILES string of the molecule is CCO[Si]1(CCc2ccc(CCl)cc2)OCC(C)CO1. The van der Waals surface area contributed by atoms with E-state index in [0.29, 0.717) is 18.4 Å². The van der Waals surface area contributed by atoms with Crippen molar-refractivity contribution in [1.82, 2.24) is 0 Å². The summed E-state index contributed by atoms with van der Waals surface area (Å²) in [5.41, 5.74) is 2.42. The minimum absolute atomic E-state index is 0.457. The largest absolute Gasteiger partial charge is 0.501 e. The number of alkyl halides is 1. The van der Waals surface area contributed by atoms with Gasteiger partial charge in [0.25, 0.3) is 0 Å². The number of hydrogen-bond acceptors (Lipinski definition) is 3. The molecule has 5 heteroatoms. The van der Waals surface area contributed by atoms with Crippen LogP contribution in [0.2, 0.25) is 6.04 Å². The fraction of sp³-hybridized carbons (Fsp3) is 0.600. The normalized spacial score (nSPS) is 26.6. The average molecular weight is 315 g/mol. The van der Waals surface area contributed by atoms with Gasteiger partial charge in [0.05, 0.1) is 0 Å². The van der Waals surface area contributed by atoms with Gasteiger partial charge in [0.2, 0.25) is 0 Å². The molecule has 0 aromatic heterocycles. The Morgan fingerprint density at radius 3 is 2.35 bits per heavy atom. The quantitative estimate of drug-likeness (QED) is 0.593. The first kappa shape index (κ1) is 16.0. The highest BCUT2D eigenvalue weighted by atomic mass is 35.5. The van der Waals surface area contributed by atoms with Crippen LogP contribution in [0, 0.1) is 5.92 Å². The second-order valence-corrected chi connectivity index (χ2v) is 8.29. The van der Waals surface area contributed by atoms with E-state index in [1.54, 1.807) is 0 Å². The number of rotatable bonds is 6. The molecule has 0 amide bonds. The molecule has 1 aliphatic rings. The van der Waals surface area contributed by atoms with Gasteiger partial charge in [0, 0.05) is 37.7 Å². The molecule has 1 fully saturated rings. The minimum Gasteiger partial charge on any atom is -0.374 e. The van der Waals surface area contributed by atoms with Gasteiger partial charge in [-0.25, -0.2) is 0 Å². The second-order valence-electron chi connectivity index (χ2n) is 5.29. The summed E-state index contributed by atoms with van der Waals surface area (Å²) in [5.74, 6) is 1.02. The van der Waals surface area contributed by atoms with Crippen LogP contribution in [0.15, 0.2) is 24.3 Å². The van der Waals surface area contributed by atoms with Gasteiger partial charge in [0.15, 0.2) is 0 Å². The van der Waals surface area contributed by atoms with Crippen LogP contribution in [0.3, 0.4) is 0 Å². The Hall–Kier alpha value is -0.393. The van der Waals surface area contributed by atoms with Crippen molar-refractivity contribution in [2.24, 2.45) is 5.92 Å². The summed E-state index contributed by atoms with van der Waals surface area (Å²) in [4.78, 5) is 0. The van der Waals surface area contributed by atoms with Gasteiger partial charge < -0.3 is 13.3 Å². The maximum atomic E-state index is 5.96. The zero-order chi connectivity index (χ0) is 14.4. The van der Waals surface area contributed by atoms with E-state index in [2.05, 4.69) is 31.2 Å². The van der Waals surface area contributed by atoms with Crippen molar-refractivity contribution >= 4 is 20.4 Å². The van der Waals surface area contributed by atoms with Crippen molar-refractivity contribution in [3.8, 4) is 0 Å². The Morgan fingerprint density at radius 2 is 1.80 bits per heavy atom. The zero-order valence-electron chi connectivity index (χ0n) is 12.2. The highest BCUT2D eigenvalue weighted by Crippen LogP contribution is 2.24. The molecule has 0 bridgehead atoms. The third-order valence-corrected chi connectivity index (χ3v) is 6.55. The molecule has 1 saturated heterocycles. The van der Waals surface area contributed by atoms with Crippen molar-refractivity contribution in [3.63, 3.8) is 0 Å². The van der Waals surface area contributed by atoms with Crippen LogP contribution in [0.1, 0.15) is 25.0 Å². The van der Waals surface area contributed by atoms with Crippen LogP contribution >= 0.6 is 11.6 Å². The predicted octanol–water partition coefficient (Wildman–Crippen LogP) is 3.63. The average Bonchev–Trinajstić information content (AvgIpc) is 2.49. The molecule has 1 aromatic carbocycles. The monoisotopic (exact) mass is 314 g/mol. The Balaban J connectivity index is 1.94.